The highest BCUT2D eigenvalue weighted by Crippen LogP contribution is 2.28. The topological polar surface area (TPSA) is 43.9 Å². The van der Waals surface area contributed by atoms with Gasteiger partial charge in [-0.15, -0.1) is 0 Å². The Labute approximate surface area is 109 Å². The summed E-state index contributed by atoms with van der Waals surface area (Å²) in [4.78, 5) is 30.3. The Kier molecular flexibility index (Phi) is 3.36. The Morgan fingerprint density at radius 3 is 2.22 bits per heavy atom. The summed E-state index contributed by atoms with van der Waals surface area (Å²) < 4.78 is 0. The molecule has 0 bridgehead atoms. The van der Waals surface area contributed by atoms with E-state index in [4.69, 9.17) is 0 Å². The molecule has 2 fully saturated rings. The van der Waals surface area contributed by atoms with Crippen molar-refractivity contribution in [2.75, 3.05) is 27.2 Å². The largest absolute Gasteiger partial charge is 0.341 e. The van der Waals surface area contributed by atoms with Crippen LogP contribution in [-0.2, 0) is 9.59 Å². The molecule has 5 heteroatoms. The Bertz CT molecular complexity index is 371. The van der Waals surface area contributed by atoms with Crippen LogP contribution in [0, 0.1) is 11.8 Å². The van der Waals surface area contributed by atoms with Crippen LogP contribution in [0.1, 0.15) is 20.8 Å². The van der Waals surface area contributed by atoms with Crippen molar-refractivity contribution >= 4 is 11.8 Å². The first-order valence-electron chi connectivity index (χ1n) is 6.62. The number of piperazine rings is 1. The van der Waals surface area contributed by atoms with Gasteiger partial charge in [0, 0.05) is 19.5 Å². The maximum absolute atomic E-state index is 12.5. The van der Waals surface area contributed by atoms with Crippen LogP contribution in [0.4, 0.5) is 0 Å². The SMILES string of the molecule is CC1CN(C)C2CN(C)C(=O)C(C)N2C(=O)C1C. The number of rotatable bonds is 0. The van der Waals surface area contributed by atoms with Gasteiger partial charge in [0.15, 0.2) is 0 Å². The number of carbonyl (C=O) groups excluding carboxylic acids is 2. The quantitative estimate of drug-likeness (QED) is 0.620. The fraction of sp³-hybridized carbons (Fsp3) is 0.846. The Morgan fingerprint density at radius 1 is 1.00 bits per heavy atom. The molecular weight excluding hydrogens is 230 g/mol. The van der Waals surface area contributed by atoms with Gasteiger partial charge < -0.3 is 9.80 Å². The second-order valence-electron chi connectivity index (χ2n) is 5.83. The molecule has 2 aliphatic heterocycles. The summed E-state index contributed by atoms with van der Waals surface area (Å²) in [6.07, 6.45) is 0.0163. The zero-order valence-corrected chi connectivity index (χ0v) is 11.9. The van der Waals surface area contributed by atoms with Gasteiger partial charge in [0.25, 0.3) is 0 Å². The van der Waals surface area contributed by atoms with Gasteiger partial charge in [0.05, 0.1) is 6.54 Å². The Balaban J connectivity index is 2.37. The Hall–Kier alpha value is -1.10. The van der Waals surface area contributed by atoms with E-state index in [9.17, 15) is 9.59 Å². The van der Waals surface area contributed by atoms with Crippen molar-refractivity contribution in [1.82, 2.24) is 14.7 Å². The minimum atomic E-state index is -0.351. The lowest BCUT2D eigenvalue weighted by atomic mass is 9.94. The van der Waals surface area contributed by atoms with Crippen LogP contribution in [0.25, 0.3) is 0 Å². The minimum Gasteiger partial charge on any atom is -0.341 e. The van der Waals surface area contributed by atoms with Crippen LogP contribution in [-0.4, -0.2) is 65.9 Å². The molecule has 4 atom stereocenters. The van der Waals surface area contributed by atoms with Gasteiger partial charge in [-0.1, -0.05) is 13.8 Å². The molecule has 0 radical (unpaired) electrons. The third kappa shape index (κ3) is 1.90. The molecule has 5 nitrogen and oxygen atoms in total. The van der Waals surface area contributed by atoms with E-state index in [0.29, 0.717) is 12.5 Å². The standard InChI is InChI=1S/C13H23N3O2/c1-8-6-14(4)11-7-15(5)13(18)10(3)16(11)12(17)9(8)2/h8-11H,6-7H2,1-5H3. The fourth-order valence-electron chi connectivity index (χ4n) is 3.02. The first kappa shape index (κ1) is 13.3. The van der Waals surface area contributed by atoms with Gasteiger partial charge in [-0.05, 0) is 19.9 Å². The molecule has 0 spiro atoms. The van der Waals surface area contributed by atoms with Crippen LogP contribution in [0.5, 0.6) is 0 Å². The van der Waals surface area contributed by atoms with Crippen molar-refractivity contribution in [2.24, 2.45) is 11.8 Å². The summed E-state index contributed by atoms with van der Waals surface area (Å²) in [6.45, 7) is 7.40. The van der Waals surface area contributed by atoms with E-state index in [1.807, 2.05) is 27.9 Å². The van der Waals surface area contributed by atoms with E-state index >= 15 is 0 Å². The van der Waals surface area contributed by atoms with Crippen molar-refractivity contribution in [2.45, 2.75) is 33.0 Å². The third-order valence-corrected chi connectivity index (χ3v) is 4.49. The highest BCUT2D eigenvalue weighted by molar-refractivity contribution is 5.89. The number of hydrogen-bond donors (Lipinski definition) is 0. The molecule has 0 N–H and O–H groups in total. The van der Waals surface area contributed by atoms with E-state index in [1.165, 1.54) is 0 Å². The highest BCUT2D eigenvalue weighted by Gasteiger charge is 2.45. The average Bonchev–Trinajstić information content (AvgIpc) is 2.39. The fourth-order valence-corrected chi connectivity index (χ4v) is 3.02. The number of hydrogen-bond acceptors (Lipinski definition) is 3. The molecule has 0 aromatic heterocycles. The summed E-state index contributed by atoms with van der Waals surface area (Å²) >= 11 is 0. The normalized spacial score (nSPS) is 38.7. The molecule has 2 saturated heterocycles. The number of fused-ring (bicyclic) bond motifs is 1. The lowest BCUT2D eigenvalue weighted by Crippen LogP contribution is -2.65. The molecule has 2 aliphatic rings. The van der Waals surface area contributed by atoms with E-state index in [2.05, 4.69) is 11.8 Å². The van der Waals surface area contributed by atoms with Crippen LogP contribution in [0.15, 0.2) is 0 Å². The molecule has 2 amide bonds. The van der Waals surface area contributed by atoms with Crippen molar-refractivity contribution < 1.29 is 9.59 Å². The maximum Gasteiger partial charge on any atom is 0.245 e. The molecule has 0 aromatic rings. The van der Waals surface area contributed by atoms with Crippen molar-refractivity contribution in [3.8, 4) is 0 Å². The lowest BCUT2D eigenvalue weighted by molar-refractivity contribution is -0.160. The van der Waals surface area contributed by atoms with Crippen LogP contribution < -0.4 is 0 Å². The molecule has 0 saturated carbocycles. The van der Waals surface area contributed by atoms with Crippen molar-refractivity contribution in [3.63, 3.8) is 0 Å². The van der Waals surface area contributed by atoms with Crippen LogP contribution in [0.2, 0.25) is 0 Å². The smallest absolute Gasteiger partial charge is 0.245 e. The first-order chi connectivity index (χ1) is 8.34. The van der Waals surface area contributed by atoms with Gasteiger partial charge in [-0.3, -0.25) is 14.5 Å². The summed E-state index contributed by atoms with van der Waals surface area (Å²) in [7, 11) is 3.85. The van der Waals surface area contributed by atoms with E-state index in [0.717, 1.165) is 6.54 Å². The van der Waals surface area contributed by atoms with Gasteiger partial charge >= 0.3 is 0 Å². The van der Waals surface area contributed by atoms with E-state index < -0.39 is 0 Å². The first-order valence-corrected chi connectivity index (χ1v) is 6.62. The molecular formula is C13H23N3O2. The molecule has 2 heterocycles. The molecule has 0 aromatic carbocycles. The molecule has 0 aliphatic carbocycles. The molecule has 2 rings (SSSR count). The second kappa shape index (κ2) is 4.53. The summed E-state index contributed by atoms with van der Waals surface area (Å²) in [5.41, 5.74) is 0. The number of amides is 2. The average molecular weight is 253 g/mol. The van der Waals surface area contributed by atoms with Crippen LogP contribution >= 0.6 is 0 Å². The molecule has 4 unspecified atom stereocenters. The summed E-state index contributed by atoms with van der Waals surface area (Å²) in [6, 6.07) is -0.351. The van der Waals surface area contributed by atoms with Crippen molar-refractivity contribution in [1.29, 1.82) is 0 Å². The minimum absolute atomic E-state index is 0.0163. The van der Waals surface area contributed by atoms with Crippen LogP contribution in [0.3, 0.4) is 0 Å². The summed E-state index contributed by atoms with van der Waals surface area (Å²) in [5.74, 6) is 0.456. The number of carbonyl (C=O) groups is 2. The number of nitrogens with zero attached hydrogens (tertiary/aromatic N) is 3. The zero-order valence-electron chi connectivity index (χ0n) is 11.9. The van der Waals surface area contributed by atoms with E-state index in [-0.39, 0.29) is 29.9 Å². The predicted octanol–water partition coefficient (Wildman–Crippen LogP) is 0.219. The van der Waals surface area contributed by atoms with Gasteiger partial charge in [0.1, 0.15) is 12.2 Å². The Morgan fingerprint density at radius 2 is 1.61 bits per heavy atom. The summed E-state index contributed by atoms with van der Waals surface area (Å²) in [5, 5.41) is 0. The van der Waals surface area contributed by atoms with Gasteiger partial charge in [-0.25, -0.2) is 0 Å². The monoisotopic (exact) mass is 253 g/mol. The molecule has 102 valence electrons. The lowest BCUT2D eigenvalue weighted by Gasteiger charge is -2.46. The highest BCUT2D eigenvalue weighted by atomic mass is 16.2. The third-order valence-electron chi connectivity index (χ3n) is 4.49. The van der Waals surface area contributed by atoms with Crippen molar-refractivity contribution in [3.05, 3.63) is 0 Å². The zero-order chi connectivity index (χ0) is 13.6. The second-order valence-corrected chi connectivity index (χ2v) is 5.83. The number of likely N-dealkylation sites (N-methyl/N-ethyl adjacent to an activating group) is 2. The van der Waals surface area contributed by atoms with Gasteiger partial charge in [-0.2, -0.15) is 0 Å². The van der Waals surface area contributed by atoms with Gasteiger partial charge in [0.2, 0.25) is 11.8 Å². The molecule has 18 heavy (non-hydrogen) atoms. The van der Waals surface area contributed by atoms with E-state index in [1.54, 1.807) is 9.80 Å². The maximum atomic E-state index is 12.5. The predicted molar refractivity (Wildman–Crippen MR) is 68.7 cm³/mol.